The van der Waals surface area contributed by atoms with Crippen LogP contribution in [0, 0.1) is 17.0 Å². The van der Waals surface area contributed by atoms with Gasteiger partial charge in [0.25, 0.3) is 5.69 Å². The van der Waals surface area contributed by atoms with Crippen LogP contribution < -0.4 is 0 Å². The lowest BCUT2D eigenvalue weighted by molar-refractivity contribution is -0.385. The number of hydrogen-bond acceptors (Lipinski definition) is 7. The minimum absolute atomic E-state index is 0.121. The second kappa shape index (κ2) is 8.27. The summed E-state index contributed by atoms with van der Waals surface area (Å²) in [6.45, 7) is 2.24. The fourth-order valence-electron chi connectivity index (χ4n) is 2.97. The molecule has 0 unspecified atom stereocenters. The Morgan fingerprint density at radius 2 is 2.07 bits per heavy atom. The molecule has 0 fully saturated rings. The normalized spacial score (nSPS) is 10.9. The number of nitro groups is 1. The van der Waals surface area contributed by atoms with Crippen molar-refractivity contribution in [2.75, 3.05) is 0 Å². The van der Waals surface area contributed by atoms with Crippen LogP contribution in [0.5, 0.6) is 0 Å². The summed E-state index contributed by atoms with van der Waals surface area (Å²) in [4.78, 5) is 15.0. The van der Waals surface area contributed by atoms with Crippen LogP contribution in [0.3, 0.4) is 0 Å². The number of nitro benzene ring substituents is 1. The monoisotopic (exact) mass is 407 g/mol. The zero-order valence-corrected chi connectivity index (χ0v) is 16.4. The molecule has 9 heteroatoms. The van der Waals surface area contributed by atoms with Crippen molar-refractivity contribution >= 4 is 17.4 Å². The third-order valence-corrected chi connectivity index (χ3v) is 5.52. The largest absolute Gasteiger partial charge is 0.467 e. The van der Waals surface area contributed by atoms with E-state index in [2.05, 4.69) is 15.2 Å². The lowest BCUT2D eigenvalue weighted by Gasteiger charge is -2.09. The number of hydrogen-bond donors (Lipinski definition) is 0. The molecule has 0 radical (unpaired) electrons. The third-order valence-electron chi connectivity index (χ3n) is 4.50. The Labute approximate surface area is 170 Å². The summed E-state index contributed by atoms with van der Waals surface area (Å²) in [5, 5.41) is 20.6. The van der Waals surface area contributed by atoms with E-state index in [0.29, 0.717) is 28.8 Å². The first-order chi connectivity index (χ1) is 14.1. The van der Waals surface area contributed by atoms with Crippen LogP contribution in [0.15, 0.2) is 70.7 Å². The number of furan rings is 1. The molecule has 0 N–H and O–H groups in total. The fraction of sp³-hybridized carbons (Fsp3) is 0.150. The van der Waals surface area contributed by atoms with Crippen LogP contribution in [0.1, 0.15) is 16.9 Å². The molecule has 3 aromatic heterocycles. The summed E-state index contributed by atoms with van der Waals surface area (Å²) in [6.07, 6.45) is 5.07. The van der Waals surface area contributed by atoms with Crippen molar-refractivity contribution in [3.8, 4) is 11.4 Å². The summed E-state index contributed by atoms with van der Waals surface area (Å²) in [5.41, 5.74) is 2.52. The topological polar surface area (TPSA) is 99.9 Å². The Balaban J connectivity index is 1.65. The average Bonchev–Trinajstić information content (AvgIpc) is 3.38. The van der Waals surface area contributed by atoms with Gasteiger partial charge in [0.1, 0.15) is 5.76 Å². The lowest BCUT2D eigenvalue weighted by Crippen LogP contribution is -2.04. The zero-order chi connectivity index (χ0) is 20.2. The molecular weight excluding hydrogens is 390 g/mol. The van der Waals surface area contributed by atoms with Crippen molar-refractivity contribution in [3.05, 3.63) is 88.1 Å². The molecule has 0 bridgehead atoms. The highest BCUT2D eigenvalue weighted by Crippen LogP contribution is 2.30. The van der Waals surface area contributed by atoms with Gasteiger partial charge in [-0.15, -0.1) is 10.2 Å². The molecule has 146 valence electrons. The second-order valence-corrected chi connectivity index (χ2v) is 7.26. The molecular formula is C20H17N5O3S. The molecule has 29 heavy (non-hydrogen) atoms. The zero-order valence-electron chi connectivity index (χ0n) is 15.6. The highest BCUT2D eigenvalue weighted by molar-refractivity contribution is 7.98. The first-order valence-corrected chi connectivity index (χ1v) is 9.83. The van der Waals surface area contributed by atoms with E-state index in [0.717, 1.165) is 16.9 Å². The van der Waals surface area contributed by atoms with Crippen LogP contribution in [0.4, 0.5) is 5.69 Å². The minimum Gasteiger partial charge on any atom is -0.467 e. The summed E-state index contributed by atoms with van der Waals surface area (Å²) >= 11 is 1.48. The number of nitrogens with zero attached hydrogens (tertiary/aromatic N) is 5. The van der Waals surface area contributed by atoms with Crippen molar-refractivity contribution < 1.29 is 9.34 Å². The second-order valence-electron chi connectivity index (χ2n) is 6.32. The Kier molecular flexibility index (Phi) is 5.39. The van der Waals surface area contributed by atoms with Gasteiger partial charge in [0.2, 0.25) is 0 Å². The predicted molar refractivity (Wildman–Crippen MR) is 108 cm³/mol. The molecule has 0 atom stereocenters. The summed E-state index contributed by atoms with van der Waals surface area (Å²) in [5.74, 6) is 2.01. The third kappa shape index (κ3) is 4.04. The number of aromatic nitrogens is 4. The maximum Gasteiger partial charge on any atom is 0.272 e. The summed E-state index contributed by atoms with van der Waals surface area (Å²) in [6, 6.07) is 12.6. The Hall–Kier alpha value is -3.46. The summed E-state index contributed by atoms with van der Waals surface area (Å²) < 4.78 is 7.47. The van der Waals surface area contributed by atoms with Crippen LogP contribution >= 0.6 is 11.8 Å². The Morgan fingerprint density at radius 3 is 2.79 bits per heavy atom. The van der Waals surface area contributed by atoms with Gasteiger partial charge >= 0.3 is 0 Å². The number of benzene rings is 1. The highest BCUT2D eigenvalue weighted by atomic mass is 32.2. The average molecular weight is 407 g/mol. The molecule has 4 rings (SSSR count). The molecule has 4 aromatic rings. The number of thioether (sulfide) groups is 1. The van der Waals surface area contributed by atoms with Crippen molar-refractivity contribution in [2.24, 2.45) is 0 Å². The first kappa shape index (κ1) is 18.9. The Morgan fingerprint density at radius 1 is 1.17 bits per heavy atom. The molecule has 0 spiro atoms. The maximum absolute atomic E-state index is 11.2. The Bertz CT molecular complexity index is 1130. The predicted octanol–water partition coefficient (Wildman–Crippen LogP) is 4.49. The van der Waals surface area contributed by atoms with Crippen LogP contribution in [-0.2, 0) is 12.3 Å². The molecule has 0 aliphatic carbocycles. The van der Waals surface area contributed by atoms with Gasteiger partial charge in [-0.3, -0.25) is 19.7 Å². The molecule has 0 saturated carbocycles. The molecule has 0 aliphatic rings. The van der Waals surface area contributed by atoms with Gasteiger partial charge in [0.15, 0.2) is 11.0 Å². The SMILES string of the molecule is Cc1c(CSc2nnc(-c3cccnc3)n2Cc2ccco2)cccc1[N+](=O)[O-]. The van der Waals surface area contributed by atoms with Crippen LogP contribution in [-0.4, -0.2) is 24.7 Å². The van der Waals surface area contributed by atoms with Crippen molar-refractivity contribution in [1.82, 2.24) is 19.7 Å². The first-order valence-electron chi connectivity index (χ1n) is 8.85. The van der Waals surface area contributed by atoms with Crippen molar-refractivity contribution in [1.29, 1.82) is 0 Å². The molecule has 3 heterocycles. The minimum atomic E-state index is -0.358. The van der Waals surface area contributed by atoms with Gasteiger partial charge in [0.05, 0.1) is 17.7 Å². The molecule has 8 nitrogen and oxygen atoms in total. The van der Waals surface area contributed by atoms with Gasteiger partial charge in [-0.1, -0.05) is 23.9 Å². The van der Waals surface area contributed by atoms with E-state index in [4.69, 9.17) is 4.42 Å². The lowest BCUT2D eigenvalue weighted by atomic mass is 10.1. The smallest absolute Gasteiger partial charge is 0.272 e. The molecule has 0 saturated heterocycles. The van der Waals surface area contributed by atoms with Crippen LogP contribution in [0.25, 0.3) is 11.4 Å². The quantitative estimate of drug-likeness (QED) is 0.253. The van der Waals surface area contributed by atoms with E-state index < -0.39 is 0 Å². The molecule has 0 aliphatic heterocycles. The van der Waals surface area contributed by atoms with Gasteiger partial charge in [-0.05, 0) is 36.8 Å². The van der Waals surface area contributed by atoms with E-state index in [1.807, 2.05) is 34.9 Å². The maximum atomic E-state index is 11.2. The standard InChI is InChI=1S/C20H17N5O3S/c1-14-16(5-2-8-18(14)25(26)27)13-29-20-23-22-19(15-6-3-9-21-11-15)24(20)12-17-7-4-10-28-17/h2-11H,12-13H2,1H3. The number of pyridine rings is 1. The van der Waals surface area contributed by atoms with E-state index in [9.17, 15) is 10.1 Å². The summed E-state index contributed by atoms with van der Waals surface area (Å²) in [7, 11) is 0. The van der Waals surface area contributed by atoms with E-state index in [1.165, 1.54) is 17.8 Å². The molecule has 1 aromatic carbocycles. The van der Waals surface area contributed by atoms with Crippen molar-refractivity contribution in [2.45, 2.75) is 24.4 Å². The van der Waals surface area contributed by atoms with Gasteiger partial charge in [0, 0.05) is 35.3 Å². The molecule has 0 amide bonds. The van der Waals surface area contributed by atoms with Gasteiger partial charge in [-0.2, -0.15) is 0 Å². The number of rotatable bonds is 7. The van der Waals surface area contributed by atoms with Gasteiger partial charge < -0.3 is 4.42 Å². The van der Waals surface area contributed by atoms with E-state index in [-0.39, 0.29) is 10.6 Å². The van der Waals surface area contributed by atoms with E-state index in [1.54, 1.807) is 31.6 Å². The van der Waals surface area contributed by atoms with Crippen LogP contribution in [0.2, 0.25) is 0 Å². The van der Waals surface area contributed by atoms with E-state index >= 15 is 0 Å². The van der Waals surface area contributed by atoms with Gasteiger partial charge in [-0.25, -0.2) is 0 Å². The highest BCUT2D eigenvalue weighted by Gasteiger charge is 2.18. The van der Waals surface area contributed by atoms with Crippen molar-refractivity contribution in [3.63, 3.8) is 0 Å². The fourth-order valence-corrected chi connectivity index (χ4v) is 3.97.